The molecule has 22 heavy (non-hydrogen) atoms. The van der Waals surface area contributed by atoms with Crippen molar-refractivity contribution in [2.75, 3.05) is 31.1 Å². The maximum absolute atomic E-state index is 10.8. The van der Waals surface area contributed by atoms with Gasteiger partial charge in [0.2, 0.25) is 5.91 Å². The Labute approximate surface area is 133 Å². The van der Waals surface area contributed by atoms with Gasteiger partial charge in [-0.1, -0.05) is 6.07 Å². The maximum atomic E-state index is 10.8. The van der Waals surface area contributed by atoms with E-state index in [9.17, 15) is 4.79 Å². The van der Waals surface area contributed by atoms with Gasteiger partial charge in [-0.3, -0.25) is 4.79 Å². The molecule has 0 aliphatic heterocycles. The van der Waals surface area contributed by atoms with Gasteiger partial charge in [0.1, 0.15) is 6.54 Å². The highest BCUT2D eigenvalue weighted by Gasteiger charge is 2.07. The van der Waals surface area contributed by atoms with Gasteiger partial charge < -0.3 is 15.5 Å². The molecule has 0 saturated heterocycles. The molecule has 1 amide bonds. The molecule has 120 valence electrons. The highest BCUT2D eigenvalue weighted by atomic mass is 16.1. The van der Waals surface area contributed by atoms with Crippen LogP contribution in [0.25, 0.3) is 0 Å². The van der Waals surface area contributed by atoms with Gasteiger partial charge in [-0.2, -0.15) is 5.26 Å². The monoisotopic (exact) mass is 303 g/mol. The normalized spacial score (nSPS) is 10.1. The second-order valence-electron chi connectivity index (χ2n) is 5.36. The first-order valence-electron chi connectivity index (χ1n) is 7.86. The summed E-state index contributed by atoms with van der Waals surface area (Å²) < 4.78 is 0. The molecule has 1 rings (SSSR count). The average Bonchev–Trinajstić information content (AvgIpc) is 2.49. The zero-order valence-corrected chi connectivity index (χ0v) is 13.9. The molecule has 1 aromatic rings. The molecular formula is C17H27N4O+. The first-order chi connectivity index (χ1) is 10.6. The molecule has 0 radical (unpaired) electrons. The largest absolute Gasteiger partial charge is 0.371 e. The van der Waals surface area contributed by atoms with Crippen LogP contribution < -0.4 is 15.5 Å². The molecule has 0 fully saturated rings. The van der Waals surface area contributed by atoms with Gasteiger partial charge in [-0.15, -0.1) is 0 Å². The lowest BCUT2D eigenvalue weighted by molar-refractivity contribution is -0.668. The molecule has 0 bridgehead atoms. The van der Waals surface area contributed by atoms with E-state index < -0.39 is 0 Å². The third kappa shape index (κ3) is 6.15. The van der Waals surface area contributed by atoms with Crippen molar-refractivity contribution < 1.29 is 10.1 Å². The Morgan fingerprint density at radius 1 is 1.45 bits per heavy atom. The fourth-order valence-corrected chi connectivity index (χ4v) is 2.37. The molecule has 0 saturated carbocycles. The minimum Gasteiger partial charge on any atom is -0.371 e. The summed E-state index contributed by atoms with van der Waals surface area (Å²) in [6.07, 6.45) is 0.547. The molecule has 5 heteroatoms. The van der Waals surface area contributed by atoms with E-state index in [1.807, 2.05) is 0 Å². The van der Waals surface area contributed by atoms with E-state index in [0.29, 0.717) is 13.0 Å². The number of benzene rings is 1. The molecule has 1 aromatic carbocycles. The van der Waals surface area contributed by atoms with Crippen LogP contribution in [0.3, 0.4) is 0 Å². The molecule has 0 spiro atoms. The van der Waals surface area contributed by atoms with E-state index in [4.69, 9.17) is 5.26 Å². The number of nitrogens with two attached hydrogens (primary N) is 1. The zero-order chi connectivity index (χ0) is 16.4. The number of aryl methyl sites for hydroxylation is 1. The van der Waals surface area contributed by atoms with Crippen molar-refractivity contribution in [1.29, 1.82) is 5.26 Å². The van der Waals surface area contributed by atoms with Gasteiger partial charge >= 0.3 is 0 Å². The third-order valence-corrected chi connectivity index (χ3v) is 3.65. The summed E-state index contributed by atoms with van der Waals surface area (Å²) in [6.45, 7) is 9.94. The summed E-state index contributed by atoms with van der Waals surface area (Å²) in [5, 5.41) is 13.7. The van der Waals surface area contributed by atoms with E-state index in [2.05, 4.69) is 53.6 Å². The van der Waals surface area contributed by atoms with Crippen molar-refractivity contribution >= 4 is 11.6 Å². The number of amides is 1. The minimum atomic E-state index is 0.0194. The number of nitriles is 1. The van der Waals surface area contributed by atoms with Crippen LogP contribution >= 0.6 is 0 Å². The van der Waals surface area contributed by atoms with E-state index in [1.165, 1.54) is 23.7 Å². The summed E-state index contributed by atoms with van der Waals surface area (Å²) in [6, 6.07) is 8.68. The Balaban J connectivity index is 2.54. The number of carbonyl (C=O) groups is 1. The van der Waals surface area contributed by atoms with E-state index >= 15 is 0 Å². The highest BCUT2D eigenvalue weighted by Crippen LogP contribution is 2.19. The zero-order valence-electron chi connectivity index (χ0n) is 13.9. The number of hydrogen-bond acceptors (Lipinski definition) is 3. The quantitative estimate of drug-likeness (QED) is 0.667. The third-order valence-electron chi connectivity index (χ3n) is 3.65. The van der Waals surface area contributed by atoms with Crippen LogP contribution in [0.15, 0.2) is 18.2 Å². The Bertz CT molecular complexity index is 522. The standard InChI is InChI=1S/C17H26N4O/c1-4-21(11-5-8-18)17-7-6-16(14(2)12-17)13-19-9-10-20-15(3)22/h6-7,12,19H,4-5,9-11,13H2,1-3H3,(H,20,22)/p+1. The van der Waals surface area contributed by atoms with Gasteiger partial charge in [0, 0.05) is 31.3 Å². The highest BCUT2D eigenvalue weighted by molar-refractivity contribution is 5.72. The van der Waals surface area contributed by atoms with Gasteiger partial charge in [0.05, 0.1) is 25.6 Å². The summed E-state index contributed by atoms with van der Waals surface area (Å²) in [4.78, 5) is 13.0. The lowest BCUT2D eigenvalue weighted by atomic mass is 10.1. The Hall–Kier alpha value is -2.06. The molecule has 0 atom stereocenters. The van der Waals surface area contributed by atoms with Crippen molar-refractivity contribution in [1.82, 2.24) is 5.32 Å². The lowest BCUT2D eigenvalue weighted by Crippen LogP contribution is -2.84. The van der Waals surface area contributed by atoms with Crippen molar-refractivity contribution in [3.05, 3.63) is 29.3 Å². The van der Waals surface area contributed by atoms with Crippen LogP contribution in [0.5, 0.6) is 0 Å². The fourth-order valence-electron chi connectivity index (χ4n) is 2.37. The van der Waals surface area contributed by atoms with Crippen LogP contribution in [0.4, 0.5) is 5.69 Å². The molecule has 5 nitrogen and oxygen atoms in total. The topological polar surface area (TPSA) is 72.7 Å². The van der Waals surface area contributed by atoms with Crippen molar-refractivity contribution in [3.8, 4) is 6.07 Å². The molecule has 3 N–H and O–H groups in total. The molecule has 0 aliphatic carbocycles. The van der Waals surface area contributed by atoms with Crippen molar-refractivity contribution in [2.24, 2.45) is 0 Å². The number of hydrogen-bond donors (Lipinski definition) is 2. The number of quaternary nitrogens is 1. The first kappa shape index (κ1) is 18.0. The predicted octanol–water partition coefficient (Wildman–Crippen LogP) is 0.935. The smallest absolute Gasteiger partial charge is 0.217 e. The van der Waals surface area contributed by atoms with E-state index in [0.717, 1.165) is 26.2 Å². The molecular weight excluding hydrogens is 276 g/mol. The molecule has 0 aliphatic rings. The Morgan fingerprint density at radius 3 is 2.82 bits per heavy atom. The van der Waals surface area contributed by atoms with Gasteiger partial charge in [-0.25, -0.2) is 0 Å². The maximum Gasteiger partial charge on any atom is 0.217 e. The Kier molecular flexibility index (Phi) is 8.01. The van der Waals surface area contributed by atoms with Crippen LogP contribution in [-0.4, -0.2) is 32.1 Å². The second-order valence-corrected chi connectivity index (χ2v) is 5.36. The van der Waals surface area contributed by atoms with Crippen molar-refractivity contribution in [3.63, 3.8) is 0 Å². The summed E-state index contributed by atoms with van der Waals surface area (Å²) in [5.41, 5.74) is 3.75. The van der Waals surface area contributed by atoms with E-state index in [-0.39, 0.29) is 5.91 Å². The predicted molar refractivity (Wildman–Crippen MR) is 88.5 cm³/mol. The first-order valence-corrected chi connectivity index (χ1v) is 7.86. The van der Waals surface area contributed by atoms with Crippen LogP contribution in [0.2, 0.25) is 0 Å². The summed E-state index contributed by atoms with van der Waals surface area (Å²) in [5.74, 6) is 0.0194. The van der Waals surface area contributed by atoms with Crippen LogP contribution in [-0.2, 0) is 11.3 Å². The second kappa shape index (κ2) is 9.80. The van der Waals surface area contributed by atoms with Gasteiger partial charge in [0.15, 0.2) is 0 Å². The number of carbonyl (C=O) groups excluding carboxylic acids is 1. The van der Waals surface area contributed by atoms with E-state index in [1.54, 1.807) is 0 Å². The average molecular weight is 303 g/mol. The lowest BCUT2D eigenvalue weighted by Gasteiger charge is -2.22. The molecule has 0 heterocycles. The number of nitrogens with zero attached hydrogens (tertiary/aromatic N) is 2. The summed E-state index contributed by atoms with van der Waals surface area (Å²) in [7, 11) is 0. The Morgan fingerprint density at radius 2 is 2.23 bits per heavy atom. The summed E-state index contributed by atoms with van der Waals surface area (Å²) >= 11 is 0. The van der Waals surface area contributed by atoms with Gasteiger partial charge in [0.25, 0.3) is 0 Å². The fraction of sp³-hybridized carbons (Fsp3) is 0.529. The molecule has 0 aromatic heterocycles. The SMILES string of the molecule is CCN(CCC#N)c1ccc(C[NH2+]CCNC(C)=O)c(C)c1. The van der Waals surface area contributed by atoms with Crippen LogP contribution in [0, 0.1) is 18.3 Å². The number of anilines is 1. The molecule has 0 unspecified atom stereocenters. The number of nitrogens with one attached hydrogen (secondary N) is 1. The van der Waals surface area contributed by atoms with Crippen molar-refractivity contribution in [2.45, 2.75) is 33.7 Å². The van der Waals surface area contributed by atoms with Gasteiger partial charge in [-0.05, 0) is 31.5 Å². The number of rotatable bonds is 9. The van der Waals surface area contributed by atoms with Crippen LogP contribution in [0.1, 0.15) is 31.4 Å². The minimum absolute atomic E-state index is 0.0194.